The van der Waals surface area contributed by atoms with E-state index >= 15 is 0 Å². The van der Waals surface area contributed by atoms with Crippen molar-refractivity contribution in [2.45, 2.75) is 11.3 Å². The summed E-state index contributed by atoms with van der Waals surface area (Å²) in [5.74, 6) is 1.03. The highest BCUT2D eigenvalue weighted by atomic mass is 35.5. The SMILES string of the molecule is COCCN(CCOC)S(=O)(=O)c1ccc(C(=O)N(CCCN(C)C)c2nc3cc4c(cc3s2)OCO4)cc1.Cl. The highest BCUT2D eigenvalue weighted by Crippen LogP contribution is 2.40. The molecule has 0 saturated carbocycles. The number of benzene rings is 2. The van der Waals surface area contributed by atoms with Gasteiger partial charge in [0.1, 0.15) is 0 Å². The lowest BCUT2D eigenvalue weighted by Crippen LogP contribution is -2.36. The number of carbonyl (C=O) groups is 1. The van der Waals surface area contributed by atoms with Gasteiger partial charge in [-0.3, -0.25) is 9.69 Å². The number of hydrogen-bond donors (Lipinski definition) is 0. The Bertz CT molecular complexity index is 1330. The van der Waals surface area contributed by atoms with Crippen molar-refractivity contribution in [3.05, 3.63) is 42.0 Å². The smallest absolute Gasteiger partial charge is 0.260 e. The van der Waals surface area contributed by atoms with E-state index in [9.17, 15) is 13.2 Å². The number of halogens is 1. The molecule has 0 aliphatic carbocycles. The highest BCUT2D eigenvalue weighted by molar-refractivity contribution is 7.89. The number of anilines is 1. The van der Waals surface area contributed by atoms with Crippen molar-refractivity contribution in [2.24, 2.45) is 0 Å². The molecule has 0 unspecified atom stereocenters. The molecule has 0 bridgehead atoms. The van der Waals surface area contributed by atoms with Gasteiger partial charge in [-0.2, -0.15) is 4.31 Å². The maximum Gasteiger partial charge on any atom is 0.260 e. The maximum absolute atomic E-state index is 13.7. The van der Waals surface area contributed by atoms with Crippen molar-refractivity contribution in [2.75, 3.05) is 79.4 Å². The molecule has 0 N–H and O–H groups in total. The van der Waals surface area contributed by atoms with E-state index in [4.69, 9.17) is 23.9 Å². The lowest BCUT2D eigenvalue weighted by atomic mass is 10.2. The number of hydrogen-bond acceptors (Lipinski definition) is 10. The third kappa shape index (κ3) is 7.40. The van der Waals surface area contributed by atoms with Crippen molar-refractivity contribution >= 4 is 55.0 Å². The van der Waals surface area contributed by atoms with Gasteiger partial charge in [0, 0.05) is 51.6 Å². The summed E-state index contributed by atoms with van der Waals surface area (Å²) in [4.78, 5) is 22.2. The van der Waals surface area contributed by atoms with Crippen LogP contribution < -0.4 is 14.4 Å². The summed E-state index contributed by atoms with van der Waals surface area (Å²) in [5, 5.41) is 0.555. The Morgan fingerprint density at radius 1 is 0.975 bits per heavy atom. The monoisotopic (exact) mass is 614 g/mol. The number of carbonyl (C=O) groups excluding carboxylic acids is 1. The van der Waals surface area contributed by atoms with Gasteiger partial charge < -0.3 is 23.8 Å². The Morgan fingerprint density at radius 2 is 1.60 bits per heavy atom. The average Bonchev–Trinajstić information content (AvgIpc) is 3.55. The lowest BCUT2D eigenvalue weighted by molar-refractivity contribution is 0.0986. The largest absolute Gasteiger partial charge is 0.454 e. The number of amides is 1. The molecule has 0 saturated heterocycles. The predicted molar refractivity (Wildman–Crippen MR) is 157 cm³/mol. The van der Waals surface area contributed by atoms with Crippen molar-refractivity contribution in [3.63, 3.8) is 0 Å². The predicted octanol–water partition coefficient (Wildman–Crippen LogP) is 3.33. The van der Waals surface area contributed by atoms with Crippen LogP contribution in [0.2, 0.25) is 0 Å². The number of fused-ring (bicyclic) bond motifs is 2. The molecule has 1 aliphatic heterocycles. The number of rotatable bonds is 14. The van der Waals surface area contributed by atoms with Crippen molar-refractivity contribution in [1.82, 2.24) is 14.2 Å². The Balaban J connectivity index is 0.00000441. The molecule has 11 nitrogen and oxygen atoms in total. The molecule has 1 amide bonds. The number of aromatic nitrogens is 1. The van der Waals surface area contributed by atoms with E-state index in [0.717, 1.165) is 23.2 Å². The first-order valence-corrected chi connectivity index (χ1v) is 14.7. The van der Waals surface area contributed by atoms with Crippen molar-refractivity contribution in [1.29, 1.82) is 0 Å². The van der Waals surface area contributed by atoms with E-state index in [1.54, 1.807) is 17.0 Å². The molecule has 1 aliphatic rings. The van der Waals surface area contributed by atoms with E-state index < -0.39 is 10.0 Å². The standard InChI is InChI=1S/C26H34N4O7S2.ClH/c1-28(2)10-5-11-30(26-27-21-16-22-23(37-18-36-22)17-24(21)38-26)25(31)19-6-8-20(9-7-19)39(32,33)29(12-14-34-3)13-15-35-4;/h6-9,16-17H,5,10-15,18H2,1-4H3;1H. The molecule has 3 aromatic rings. The zero-order chi connectivity index (χ0) is 28.0. The summed E-state index contributed by atoms with van der Waals surface area (Å²) in [6, 6.07) is 9.71. The van der Waals surface area contributed by atoms with Crippen LogP contribution in [0.3, 0.4) is 0 Å². The fraction of sp³-hybridized carbons (Fsp3) is 0.462. The van der Waals surface area contributed by atoms with Gasteiger partial charge in [0.25, 0.3) is 5.91 Å². The fourth-order valence-corrected chi connectivity index (χ4v) is 6.47. The Hall–Kier alpha value is -2.52. The molecular formula is C26H35ClN4O7S2. The Labute approximate surface area is 245 Å². The van der Waals surface area contributed by atoms with Crippen LogP contribution in [0.25, 0.3) is 10.2 Å². The first-order valence-electron chi connectivity index (χ1n) is 12.5. The highest BCUT2D eigenvalue weighted by Gasteiger charge is 2.26. The lowest BCUT2D eigenvalue weighted by Gasteiger charge is -2.22. The van der Waals surface area contributed by atoms with E-state index in [0.29, 0.717) is 28.7 Å². The summed E-state index contributed by atoms with van der Waals surface area (Å²) in [7, 11) is 3.20. The molecule has 0 fully saturated rings. The minimum absolute atomic E-state index is 0. The van der Waals surface area contributed by atoms with Crippen molar-refractivity contribution < 1.29 is 32.2 Å². The first kappa shape index (κ1) is 32.0. The third-order valence-electron chi connectivity index (χ3n) is 6.16. The normalized spacial score (nSPS) is 12.8. The van der Waals surface area contributed by atoms with Gasteiger partial charge >= 0.3 is 0 Å². The van der Waals surface area contributed by atoms with Crippen molar-refractivity contribution in [3.8, 4) is 11.5 Å². The van der Waals surface area contributed by atoms with Crippen LogP contribution >= 0.6 is 23.7 Å². The van der Waals surface area contributed by atoms with Crippen LogP contribution in [-0.4, -0.2) is 103 Å². The second-order valence-electron chi connectivity index (χ2n) is 9.20. The molecule has 40 heavy (non-hydrogen) atoms. The van der Waals surface area contributed by atoms with E-state index in [-0.39, 0.29) is 56.3 Å². The minimum Gasteiger partial charge on any atom is -0.454 e. The van der Waals surface area contributed by atoms with Gasteiger partial charge in [-0.25, -0.2) is 13.4 Å². The maximum atomic E-state index is 13.7. The molecular weight excluding hydrogens is 580 g/mol. The number of sulfonamides is 1. The fourth-order valence-electron chi connectivity index (χ4n) is 4.06. The van der Waals surface area contributed by atoms with E-state index in [1.807, 2.05) is 26.2 Å². The number of methoxy groups -OCH3 is 2. The minimum atomic E-state index is -3.80. The van der Waals surface area contributed by atoms with Crippen LogP contribution in [0.4, 0.5) is 5.13 Å². The number of nitrogens with zero attached hydrogens (tertiary/aromatic N) is 4. The molecule has 4 rings (SSSR count). The molecule has 220 valence electrons. The Kier molecular flexibility index (Phi) is 11.5. The van der Waals surface area contributed by atoms with Gasteiger partial charge in [0.2, 0.25) is 16.8 Å². The summed E-state index contributed by atoms with van der Waals surface area (Å²) >= 11 is 1.40. The zero-order valence-electron chi connectivity index (χ0n) is 23.0. The van der Waals surface area contributed by atoms with Crippen LogP contribution in [0.5, 0.6) is 11.5 Å². The molecule has 2 heterocycles. The van der Waals surface area contributed by atoms with E-state index in [2.05, 4.69) is 4.90 Å². The molecule has 0 atom stereocenters. The second-order valence-corrected chi connectivity index (χ2v) is 12.1. The average molecular weight is 615 g/mol. The van der Waals surface area contributed by atoms with Crippen LogP contribution in [0.1, 0.15) is 16.8 Å². The third-order valence-corrected chi connectivity index (χ3v) is 9.12. The summed E-state index contributed by atoms with van der Waals surface area (Å²) in [6.45, 7) is 2.32. The summed E-state index contributed by atoms with van der Waals surface area (Å²) < 4.78 is 49.8. The molecule has 1 aromatic heterocycles. The molecule has 0 spiro atoms. The molecule has 0 radical (unpaired) electrons. The number of thiazole rings is 1. The van der Waals surface area contributed by atoms with Crippen LogP contribution in [0.15, 0.2) is 41.3 Å². The zero-order valence-corrected chi connectivity index (χ0v) is 25.4. The second kappa shape index (κ2) is 14.4. The van der Waals surface area contributed by atoms with Gasteiger partial charge in [-0.1, -0.05) is 11.3 Å². The quantitative estimate of drug-likeness (QED) is 0.270. The molecule has 14 heteroatoms. The van der Waals surface area contributed by atoms with Gasteiger partial charge in [0.05, 0.1) is 28.3 Å². The Morgan fingerprint density at radius 3 is 2.20 bits per heavy atom. The summed E-state index contributed by atoms with van der Waals surface area (Å²) in [6.07, 6.45) is 0.734. The van der Waals surface area contributed by atoms with Gasteiger partial charge in [-0.05, 0) is 51.3 Å². The summed E-state index contributed by atoms with van der Waals surface area (Å²) in [5.41, 5.74) is 1.09. The number of ether oxygens (including phenoxy) is 4. The van der Waals surface area contributed by atoms with Crippen LogP contribution in [0, 0.1) is 0 Å². The van der Waals surface area contributed by atoms with Gasteiger partial charge in [0.15, 0.2) is 16.6 Å². The first-order chi connectivity index (χ1) is 18.7. The van der Waals surface area contributed by atoms with Crippen LogP contribution in [-0.2, 0) is 19.5 Å². The van der Waals surface area contributed by atoms with E-state index in [1.165, 1.54) is 42.0 Å². The molecule has 2 aromatic carbocycles. The van der Waals surface area contributed by atoms with Gasteiger partial charge in [-0.15, -0.1) is 12.4 Å². The topological polar surface area (TPSA) is 111 Å².